The number of rotatable bonds is 5. The summed E-state index contributed by atoms with van der Waals surface area (Å²) in [5, 5.41) is 6.69. The molecule has 0 radical (unpaired) electrons. The topological polar surface area (TPSA) is 95.8 Å². The largest absolute Gasteiger partial charge is 0.463 e. The lowest BCUT2D eigenvalue weighted by Gasteiger charge is -2.09. The van der Waals surface area contributed by atoms with Crippen LogP contribution in [0.4, 0.5) is 0 Å². The average Bonchev–Trinajstić information content (AvgIpc) is 3.23. The number of H-pyrrole nitrogens is 1. The molecule has 110 valence electrons. The van der Waals surface area contributed by atoms with E-state index in [1.54, 1.807) is 42.9 Å². The number of furan rings is 1. The Morgan fingerprint density at radius 1 is 1.27 bits per heavy atom. The van der Waals surface area contributed by atoms with Crippen LogP contribution in [-0.4, -0.2) is 21.1 Å². The predicted molar refractivity (Wildman–Crippen MR) is 80.2 cm³/mol. The van der Waals surface area contributed by atoms with Gasteiger partial charge in [0.2, 0.25) is 0 Å². The number of nitrogens with zero attached hydrogens (tertiary/aromatic N) is 2. The van der Waals surface area contributed by atoms with Crippen molar-refractivity contribution in [3.63, 3.8) is 0 Å². The van der Waals surface area contributed by atoms with Crippen LogP contribution in [0.15, 0.2) is 60.0 Å². The maximum atomic E-state index is 12.0. The number of aromatic nitrogens is 3. The predicted octanol–water partition coefficient (Wildman–Crippen LogP) is 1.97. The number of carbonyl (C=O) groups is 1. The van der Waals surface area contributed by atoms with Crippen molar-refractivity contribution in [2.75, 3.05) is 0 Å². The molecule has 0 unspecified atom stereocenters. The van der Waals surface area contributed by atoms with Crippen molar-refractivity contribution in [1.29, 1.82) is 0 Å². The van der Waals surface area contributed by atoms with E-state index in [-0.39, 0.29) is 11.6 Å². The van der Waals surface area contributed by atoms with E-state index in [2.05, 4.69) is 32.6 Å². The third-order valence-electron chi connectivity index (χ3n) is 2.93. The Morgan fingerprint density at radius 2 is 2.18 bits per heavy atom. The molecule has 7 heteroatoms. The summed E-state index contributed by atoms with van der Waals surface area (Å²) in [5.41, 5.74) is 7.43. The minimum absolute atomic E-state index is 0.234. The van der Waals surface area contributed by atoms with Crippen molar-refractivity contribution < 1.29 is 9.21 Å². The Balaban J connectivity index is 1.62. The summed E-state index contributed by atoms with van der Waals surface area (Å²) in [4.78, 5) is 16.0. The number of hydrogen-bond acceptors (Lipinski definition) is 5. The maximum Gasteiger partial charge on any atom is 0.290 e. The molecule has 3 N–H and O–H groups in total. The van der Waals surface area contributed by atoms with Crippen molar-refractivity contribution >= 4 is 11.6 Å². The zero-order chi connectivity index (χ0) is 15.4. The van der Waals surface area contributed by atoms with E-state index in [9.17, 15) is 4.79 Å². The highest BCUT2D eigenvalue weighted by atomic mass is 16.3. The standard InChI is InChI=1S/C15H13N5O2/c1-10(11-4-2-6-16-9-11)17-20-15(21)13-8-12(18-19-13)14-5-3-7-22-14/h2-9,17H,1H2,(H,18,19)(H,20,21). The fraction of sp³-hybridized carbons (Fsp3) is 0. The number of carbonyl (C=O) groups excluding carboxylic acids is 1. The highest BCUT2D eigenvalue weighted by molar-refractivity contribution is 5.93. The molecule has 0 saturated carbocycles. The van der Waals surface area contributed by atoms with E-state index >= 15 is 0 Å². The average molecular weight is 295 g/mol. The first-order valence-electron chi connectivity index (χ1n) is 6.49. The highest BCUT2D eigenvalue weighted by Crippen LogP contribution is 2.17. The van der Waals surface area contributed by atoms with Gasteiger partial charge in [-0.15, -0.1) is 0 Å². The zero-order valence-corrected chi connectivity index (χ0v) is 11.5. The third kappa shape index (κ3) is 2.88. The molecular weight excluding hydrogens is 282 g/mol. The smallest absolute Gasteiger partial charge is 0.290 e. The summed E-state index contributed by atoms with van der Waals surface area (Å²) < 4.78 is 5.23. The quantitative estimate of drug-likeness (QED) is 0.625. The van der Waals surface area contributed by atoms with Crippen LogP contribution >= 0.6 is 0 Å². The molecule has 0 aliphatic rings. The van der Waals surface area contributed by atoms with Crippen LogP contribution in [0.3, 0.4) is 0 Å². The Kier molecular flexibility index (Phi) is 3.69. The molecule has 22 heavy (non-hydrogen) atoms. The second-order valence-electron chi connectivity index (χ2n) is 4.44. The first-order valence-corrected chi connectivity index (χ1v) is 6.49. The summed E-state index contributed by atoms with van der Waals surface area (Å²) in [6.45, 7) is 3.83. The van der Waals surface area contributed by atoms with Crippen LogP contribution < -0.4 is 10.9 Å². The Hall–Kier alpha value is -3.35. The second kappa shape index (κ2) is 5.96. The Labute approximate surface area is 126 Å². The maximum absolute atomic E-state index is 12.0. The highest BCUT2D eigenvalue weighted by Gasteiger charge is 2.12. The molecule has 3 aromatic rings. The van der Waals surface area contributed by atoms with E-state index < -0.39 is 0 Å². The van der Waals surface area contributed by atoms with Crippen molar-refractivity contribution in [2.45, 2.75) is 0 Å². The van der Waals surface area contributed by atoms with Crippen molar-refractivity contribution in [3.8, 4) is 11.5 Å². The van der Waals surface area contributed by atoms with Crippen molar-refractivity contribution in [1.82, 2.24) is 26.0 Å². The second-order valence-corrected chi connectivity index (χ2v) is 4.44. The van der Waals surface area contributed by atoms with Gasteiger partial charge in [0.1, 0.15) is 5.69 Å². The van der Waals surface area contributed by atoms with Gasteiger partial charge < -0.3 is 4.42 Å². The van der Waals surface area contributed by atoms with Gasteiger partial charge in [-0.05, 0) is 24.3 Å². The van der Waals surface area contributed by atoms with Gasteiger partial charge >= 0.3 is 0 Å². The monoisotopic (exact) mass is 295 g/mol. The number of pyridine rings is 1. The number of amides is 1. The zero-order valence-electron chi connectivity index (χ0n) is 11.5. The summed E-state index contributed by atoms with van der Waals surface area (Å²) in [7, 11) is 0. The molecule has 1 amide bonds. The van der Waals surface area contributed by atoms with Gasteiger partial charge in [-0.3, -0.25) is 25.7 Å². The summed E-state index contributed by atoms with van der Waals surface area (Å²) in [6.07, 6.45) is 4.86. The minimum Gasteiger partial charge on any atom is -0.463 e. The summed E-state index contributed by atoms with van der Waals surface area (Å²) in [6, 6.07) is 8.75. The molecule has 0 bridgehead atoms. The van der Waals surface area contributed by atoms with Gasteiger partial charge in [-0.1, -0.05) is 6.58 Å². The molecule has 0 aromatic carbocycles. The van der Waals surface area contributed by atoms with E-state index in [4.69, 9.17) is 4.42 Å². The first-order chi connectivity index (χ1) is 10.7. The lowest BCUT2D eigenvalue weighted by atomic mass is 10.2. The van der Waals surface area contributed by atoms with Crippen LogP contribution in [0.1, 0.15) is 16.1 Å². The molecule has 0 aliphatic carbocycles. The Morgan fingerprint density at radius 3 is 2.91 bits per heavy atom. The summed E-state index contributed by atoms with van der Waals surface area (Å²) in [5.74, 6) is 0.221. The molecule has 0 saturated heterocycles. The van der Waals surface area contributed by atoms with E-state index in [0.717, 1.165) is 5.56 Å². The van der Waals surface area contributed by atoms with Gasteiger partial charge in [0.15, 0.2) is 11.5 Å². The SMILES string of the molecule is C=C(NNC(=O)c1cc(-c2ccco2)[nH]n1)c1cccnc1. The fourth-order valence-corrected chi connectivity index (χ4v) is 1.81. The van der Waals surface area contributed by atoms with Gasteiger partial charge in [0.05, 0.1) is 12.0 Å². The van der Waals surface area contributed by atoms with Gasteiger partial charge in [-0.2, -0.15) is 5.10 Å². The fourth-order valence-electron chi connectivity index (χ4n) is 1.81. The molecule has 0 fully saturated rings. The molecule has 3 heterocycles. The Bertz CT molecular complexity index is 777. The normalized spacial score (nSPS) is 10.2. The third-order valence-corrected chi connectivity index (χ3v) is 2.93. The van der Waals surface area contributed by atoms with Crippen LogP contribution in [-0.2, 0) is 0 Å². The minimum atomic E-state index is -0.390. The van der Waals surface area contributed by atoms with E-state index in [1.165, 1.54) is 0 Å². The number of nitrogens with one attached hydrogen (secondary N) is 3. The molecule has 3 rings (SSSR count). The van der Waals surface area contributed by atoms with E-state index in [0.29, 0.717) is 17.2 Å². The van der Waals surface area contributed by atoms with Gasteiger partial charge in [-0.25, -0.2) is 0 Å². The van der Waals surface area contributed by atoms with Crippen molar-refractivity contribution in [2.24, 2.45) is 0 Å². The lowest BCUT2D eigenvalue weighted by Crippen LogP contribution is -2.36. The molecule has 0 atom stereocenters. The molecule has 7 nitrogen and oxygen atoms in total. The molecular formula is C15H13N5O2. The van der Waals surface area contributed by atoms with Crippen LogP contribution in [0, 0.1) is 0 Å². The van der Waals surface area contributed by atoms with Crippen LogP contribution in [0.5, 0.6) is 0 Å². The van der Waals surface area contributed by atoms with Crippen molar-refractivity contribution in [3.05, 3.63) is 66.8 Å². The first kappa shape index (κ1) is 13.6. The van der Waals surface area contributed by atoms with E-state index in [1.807, 2.05) is 6.07 Å². The van der Waals surface area contributed by atoms with Gasteiger partial charge in [0.25, 0.3) is 5.91 Å². The number of aromatic amines is 1. The summed E-state index contributed by atoms with van der Waals surface area (Å²) >= 11 is 0. The molecule has 3 aromatic heterocycles. The lowest BCUT2D eigenvalue weighted by molar-refractivity contribution is 0.0937. The number of hydrazine groups is 1. The van der Waals surface area contributed by atoms with Gasteiger partial charge in [0, 0.05) is 24.0 Å². The van der Waals surface area contributed by atoms with Crippen LogP contribution in [0.25, 0.3) is 17.2 Å². The number of hydrogen-bond donors (Lipinski definition) is 3. The molecule has 0 spiro atoms. The molecule has 0 aliphatic heterocycles. The van der Waals surface area contributed by atoms with Crippen LogP contribution in [0.2, 0.25) is 0 Å².